The van der Waals surface area contributed by atoms with Crippen LogP contribution in [0.25, 0.3) is 11.4 Å². The SMILES string of the molecule is COc1ccc(-c2nc(SCC(=O)N3C[C@H](C)O[C@@H](C)C3)n[nH]2)cc1. The predicted octanol–water partition coefficient (Wildman–Crippen LogP) is 2.21. The van der Waals surface area contributed by atoms with Gasteiger partial charge in [-0.1, -0.05) is 11.8 Å². The van der Waals surface area contributed by atoms with Gasteiger partial charge in [0.1, 0.15) is 5.75 Å². The monoisotopic (exact) mass is 362 g/mol. The van der Waals surface area contributed by atoms with E-state index in [-0.39, 0.29) is 18.1 Å². The summed E-state index contributed by atoms with van der Waals surface area (Å²) in [5.41, 5.74) is 0.919. The number of nitrogens with one attached hydrogen (secondary N) is 1. The zero-order valence-corrected chi connectivity index (χ0v) is 15.4. The van der Waals surface area contributed by atoms with E-state index in [1.165, 1.54) is 11.8 Å². The van der Waals surface area contributed by atoms with E-state index in [0.29, 0.717) is 29.8 Å². The van der Waals surface area contributed by atoms with Crippen LogP contribution in [0.4, 0.5) is 0 Å². The van der Waals surface area contributed by atoms with Crippen molar-refractivity contribution in [1.82, 2.24) is 20.1 Å². The van der Waals surface area contributed by atoms with Gasteiger partial charge < -0.3 is 14.4 Å². The molecule has 134 valence electrons. The minimum Gasteiger partial charge on any atom is -0.497 e. The van der Waals surface area contributed by atoms with Gasteiger partial charge in [-0.3, -0.25) is 9.89 Å². The van der Waals surface area contributed by atoms with E-state index in [2.05, 4.69) is 15.2 Å². The molecule has 1 aliphatic heterocycles. The number of aromatic amines is 1. The summed E-state index contributed by atoms with van der Waals surface area (Å²) in [7, 11) is 1.63. The number of hydrogen-bond donors (Lipinski definition) is 1. The first-order valence-electron chi connectivity index (χ1n) is 8.18. The van der Waals surface area contributed by atoms with E-state index < -0.39 is 0 Å². The molecule has 1 N–H and O–H groups in total. The summed E-state index contributed by atoms with van der Waals surface area (Å²) < 4.78 is 10.8. The highest BCUT2D eigenvalue weighted by molar-refractivity contribution is 7.99. The molecule has 0 spiro atoms. The summed E-state index contributed by atoms with van der Waals surface area (Å²) in [4.78, 5) is 18.7. The number of methoxy groups -OCH3 is 1. The molecule has 2 atom stereocenters. The summed E-state index contributed by atoms with van der Waals surface area (Å²) >= 11 is 1.34. The molecule has 1 fully saturated rings. The van der Waals surface area contributed by atoms with Crippen LogP contribution in [0.15, 0.2) is 29.4 Å². The Hall–Kier alpha value is -2.06. The molecule has 2 aromatic rings. The van der Waals surface area contributed by atoms with Gasteiger partial charge in [0.25, 0.3) is 0 Å². The molecule has 1 aromatic carbocycles. The number of morpholine rings is 1. The number of ether oxygens (including phenoxy) is 2. The second kappa shape index (κ2) is 7.88. The van der Waals surface area contributed by atoms with E-state index >= 15 is 0 Å². The standard InChI is InChI=1S/C17H22N4O3S/c1-11-8-21(9-12(2)24-11)15(22)10-25-17-18-16(19-20-17)13-4-6-14(23-3)7-5-13/h4-7,11-12H,8-10H2,1-3H3,(H,18,19,20)/t11-,12-/m0/s1. The maximum Gasteiger partial charge on any atom is 0.233 e. The summed E-state index contributed by atoms with van der Waals surface area (Å²) in [6, 6.07) is 7.56. The topological polar surface area (TPSA) is 80.3 Å². The maximum absolute atomic E-state index is 12.4. The Morgan fingerprint density at radius 2 is 2.00 bits per heavy atom. The Morgan fingerprint density at radius 1 is 1.32 bits per heavy atom. The van der Waals surface area contributed by atoms with Crippen LogP contribution in [-0.4, -0.2) is 64.1 Å². The second-order valence-electron chi connectivity index (χ2n) is 6.04. The fourth-order valence-electron chi connectivity index (χ4n) is 2.79. The normalized spacial score (nSPS) is 20.5. The quantitative estimate of drug-likeness (QED) is 0.822. The lowest BCUT2D eigenvalue weighted by Gasteiger charge is -2.35. The summed E-state index contributed by atoms with van der Waals surface area (Å²) in [6.07, 6.45) is 0.144. The van der Waals surface area contributed by atoms with Crippen LogP contribution >= 0.6 is 11.8 Å². The van der Waals surface area contributed by atoms with Gasteiger partial charge in [0.2, 0.25) is 11.1 Å². The molecule has 0 aliphatic carbocycles. The highest BCUT2D eigenvalue weighted by Crippen LogP contribution is 2.22. The van der Waals surface area contributed by atoms with Gasteiger partial charge in [-0.2, -0.15) is 0 Å². The van der Waals surface area contributed by atoms with Crippen LogP contribution in [0.2, 0.25) is 0 Å². The van der Waals surface area contributed by atoms with E-state index in [1.807, 2.05) is 43.0 Å². The molecule has 0 saturated carbocycles. The minimum absolute atomic E-state index is 0.0721. The highest BCUT2D eigenvalue weighted by atomic mass is 32.2. The van der Waals surface area contributed by atoms with Gasteiger partial charge in [-0.25, -0.2) is 4.98 Å². The lowest BCUT2D eigenvalue weighted by Crippen LogP contribution is -2.48. The van der Waals surface area contributed by atoms with Gasteiger partial charge >= 0.3 is 0 Å². The number of H-pyrrole nitrogens is 1. The van der Waals surface area contributed by atoms with Gasteiger partial charge in [0.05, 0.1) is 25.1 Å². The van der Waals surface area contributed by atoms with Crippen molar-refractivity contribution in [2.24, 2.45) is 0 Å². The van der Waals surface area contributed by atoms with Gasteiger partial charge in [0, 0.05) is 18.7 Å². The van der Waals surface area contributed by atoms with Gasteiger partial charge in [-0.05, 0) is 38.1 Å². The van der Waals surface area contributed by atoms with E-state index in [9.17, 15) is 4.79 Å². The van der Waals surface area contributed by atoms with Crippen LogP contribution in [0.3, 0.4) is 0 Å². The van der Waals surface area contributed by atoms with Crippen LogP contribution in [0.1, 0.15) is 13.8 Å². The summed E-state index contributed by atoms with van der Waals surface area (Å²) in [5.74, 6) is 1.87. The summed E-state index contributed by atoms with van der Waals surface area (Å²) in [5, 5.41) is 7.66. The molecule has 25 heavy (non-hydrogen) atoms. The van der Waals surface area contributed by atoms with E-state index in [4.69, 9.17) is 9.47 Å². The van der Waals surface area contributed by atoms with Crippen molar-refractivity contribution in [3.05, 3.63) is 24.3 Å². The Bertz CT molecular complexity index is 709. The highest BCUT2D eigenvalue weighted by Gasteiger charge is 2.25. The smallest absolute Gasteiger partial charge is 0.233 e. The second-order valence-corrected chi connectivity index (χ2v) is 6.98. The van der Waals surface area contributed by atoms with Crippen LogP contribution in [-0.2, 0) is 9.53 Å². The molecule has 0 unspecified atom stereocenters. The molecule has 0 radical (unpaired) electrons. The number of carbonyl (C=O) groups is 1. The van der Waals surface area contributed by atoms with E-state index in [1.54, 1.807) is 7.11 Å². The Kier molecular flexibility index (Phi) is 5.60. The first-order chi connectivity index (χ1) is 12.0. The molecule has 1 aromatic heterocycles. The third kappa shape index (κ3) is 4.52. The minimum atomic E-state index is 0.0721. The third-order valence-electron chi connectivity index (χ3n) is 3.93. The Labute approximate surface area is 151 Å². The molecule has 1 aliphatic rings. The van der Waals surface area contributed by atoms with Crippen molar-refractivity contribution in [2.75, 3.05) is 26.0 Å². The average molecular weight is 362 g/mol. The maximum atomic E-state index is 12.4. The lowest BCUT2D eigenvalue weighted by molar-refractivity contribution is -0.140. The number of rotatable bonds is 5. The van der Waals surface area contributed by atoms with Crippen molar-refractivity contribution in [1.29, 1.82) is 0 Å². The predicted molar refractivity (Wildman–Crippen MR) is 95.7 cm³/mol. The number of benzene rings is 1. The molecule has 1 saturated heterocycles. The van der Waals surface area contributed by atoms with Crippen LogP contribution in [0.5, 0.6) is 5.75 Å². The van der Waals surface area contributed by atoms with Crippen molar-refractivity contribution >= 4 is 17.7 Å². The number of aromatic nitrogens is 3. The van der Waals surface area contributed by atoms with Crippen molar-refractivity contribution in [3.63, 3.8) is 0 Å². The first-order valence-corrected chi connectivity index (χ1v) is 9.16. The molecule has 7 nitrogen and oxygen atoms in total. The van der Waals surface area contributed by atoms with Crippen molar-refractivity contribution in [3.8, 4) is 17.1 Å². The molecular weight excluding hydrogens is 340 g/mol. The Balaban J connectivity index is 1.57. The fourth-order valence-corrected chi connectivity index (χ4v) is 3.49. The average Bonchev–Trinajstić information content (AvgIpc) is 3.08. The zero-order chi connectivity index (χ0) is 17.8. The van der Waals surface area contributed by atoms with Crippen molar-refractivity contribution in [2.45, 2.75) is 31.2 Å². The fraction of sp³-hybridized carbons (Fsp3) is 0.471. The number of carbonyl (C=O) groups excluding carboxylic acids is 1. The van der Waals surface area contributed by atoms with Crippen LogP contribution in [0, 0.1) is 0 Å². The molecule has 1 amide bonds. The Morgan fingerprint density at radius 3 is 2.64 bits per heavy atom. The van der Waals surface area contributed by atoms with Crippen molar-refractivity contribution < 1.29 is 14.3 Å². The van der Waals surface area contributed by atoms with Crippen LogP contribution < -0.4 is 4.74 Å². The van der Waals surface area contributed by atoms with E-state index in [0.717, 1.165) is 11.3 Å². The lowest BCUT2D eigenvalue weighted by atomic mass is 10.2. The molecule has 2 heterocycles. The largest absolute Gasteiger partial charge is 0.497 e. The number of hydrogen-bond acceptors (Lipinski definition) is 6. The number of nitrogens with zero attached hydrogens (tertiary/aromatic N) is 3. The summed E-state index contributed by atoms with van der Waals surface area (Å²) in [6.45, 7) is 5.24. The van der Waals surface area contributed by atoms with Gasteiger partial charge in [-0.15, -0.1) is 5.10 Å². The number of amides is 1. The third-order valence-corrected chi connectivity index (χ3v) is 4.76. The first kappa shape index (κ1) is 17.8. The molecule has 0 bridgehead atoms. The van der Waals surface area contributed by atoms with Gasteiger partial charge in [0.15, 0.2) is 5.82 Å². The molecule has 8 heteroatoms. The molecule has 3 rings (SSSR count). The number of thioether (sulfide) groups is 1. The zero-order valence-electron chi connectivity index (χ0n) is 14.6. The molecular formula is C17H22N4O3S.